The number of nitrogens with one attached hydrogen (secondary N) is 1. The van der Waals surface area contributed by atoms with Gasteiger partial charge in [-0.05, 0) is 42.5 Å². The van der Waals surface area contributed by atoms with Gasteiger partial charge in [0.1, 0.15) is 5.75 Å². The second kappa shape index (κ2) is 12.6. The average Bonchev–Trinajstić information content (AvgIpc) is 3.22. The van der Waals surface area contributed by atoms with Crippen molar-refractivity contribution in [2.24, 2.45) is 13.0 Å². The highest BCUT2D eigenvalue weighted by molar-refractivity contribution is 5.74. The Labute approximate surface area is 197 Å². The van der Waals surface area contributed by atoms with Gasteiger partial charge in [0.2, 0.25) is 0 Å². The molecule has 2 amide bonds. The number of likely N-dealkylation sites (tertiary alicyclic amines) is 1. The zero-order chi connectivity index (χ0) is 23.6. The number of aryl methyl sites for hydroxylation is 1. The normalized spacial score (nSPS) is 15.1. The topological polar surface area (TPSA) is 71.9 Å². The van der Waals surface area contributed by atoms with E-state index >= 15 is 0 Å². The Balaban J connectivity index is 1.60. The molecule has 0 unspecified atom stereocenters. The van der Waals surface area contributed by atoms with Gasteiger partial charge in [-0.2, -0.15) is 5.10 Å². The Morgan fingerprint density at radius 1 is 1.18 bits per heavy atom. The smallest absolute Gasteiger partial charge is 0.318 e. The highest BCUT2D eigenvalue weighted by Crippen LogP contribution is 2.17. The molecule has 1 saturated heterocycles. The quantitative estimate of drug-likeness (QED) is 0.561. The van der Waals surface area contributed by atoms with Crippen LogP contribution in [-0.2, 0) is 24.9 Å². The first-order valence-corrected chi connectivity index (χ1v) is 11.9. The summed E-state index contributed by atoms with van der Waals surface area (Å²) in [5.41, 5.74) is 1.94. The first kappa shape index (κ1) is 25.1. The number of nitrogens with zero attached hydrogens (tertiary/aromatic N) is 4. The summed E-state index contributed by atoms with van der Waals surface area (Å²) >= 11 is 0. The Morgan fingerprint density at radius 2 is 1.91 bits per heavy atom. The van der Waals surface area contributed by atoms with Crippen LogP contribution in [0.3, 0.4) is 0 Å². The average molecular weight is 458 g/mol. The molecule has 1 fully saturated rings. The lowest BCUT2D eigenvalue weighted by Crippen LogP contribution is -2.49. The van der Waals surface area contributed by atoms with Crippen molar-refractivity contribution in [3.05, 3.63) is 47.8 Å². The van der Waals surface area contributed by atoms with Crippen molar-refractivity contribution in [2.45, 2.75) is 45.8 Å². The minimum atomic E-state index is -0.0453. The summed E-state index contributed by atoms with van der Waals surface area (Å²) in [5.74, 6) is 1.34. The predicted molar refractivity (Wildman–Crippen MR) is 129 cm³/mol. The van der Waals surface area contributed by atoms with Gasteiger partial charge in [0.05, 0.1) is 25.5 Å². The fourth-order valence-corrected chi connectivity index (χ4v) is 3.90. The van der Waals surface area contributed by atoms with Crippen LogP contribution in [0.4, 0.5) is 4.79 Å². The maximum absolute atomic E-state index is 13.2. The Morgan fingerprint density at radius 3 is 2.52 bits per heavy atom. The number of carbonyl (C=O) groups is 1. The van der Waals surface area contributed by atoms with Crippen molar-refractivity contribution in [2.75, 3.05) is 40.0 Å². The van der Waals surface area contributed by atoms with E-state index in [1.807, 2.05) is 48.5 Å². The molecule has 2 heterocycles. The molecule has 0 spiro atoms. The largest absolute Gasteiger partial charge is 0.493 e. The number of rotatable bonds is 11. The van der Waals surface area contributed by atoms with E-state index in [4.69, 9.17) is 9.47 Å². The predicted octanol–water partition coefficient (Wildman–Crippen LogP) is 3.28. The van der Waals surface area contributed by atoms with Gasteiger partial charge in [-0.25, -0.2) is 4.79 Å². The van der Waals surface area contributed by atoms with Gasteiger partial charge < -0.3 is 24.6 Å². The van der Waals surface area contributed by atoms with Crippen LogP contribution in [0, 0.1) is 5.92 Å². The third-order valence-electron chi connectivity index (χ3n) is 5.82. The molecule has 1 N–H and O–H groups in total. The monoisotopic (exact) mass is 457 g/mol. The van der Waals surface area contributed by atoms with Crippen LogP contribution < -0.4 is 10.1 Å². The number of urea groups is 1. The Hall–Kier alpha value is -2.58. The number of hydrogen-bond acceptors (Lipinski definition) is 5. The number of benzene rings is 1. The molecule has 0 bridgehead atoms. The lowest BCUT2D eigenvalue weighted by Gasteiger charge is -2.33. The molecule has 0 aliphatic carbocycles. The SMILES string of the molecule is COCCN1CCC(NC(=O)N(Cc2ccc(OCC(C)C)cc2)Cc2ccn(C)n2)CC1. The molecule has 0 radical (unpaired) electrons. The second-order valence-electron chi connectivity index (χ2n) is 9.24. The first-order chi connectivity index (χ1) is 15.9. The van der Waals surface area contributed by atoms with Crippen molar-refractivity contribution < 1.29 is 14.3 Å². The van der Waals surface area contributed by atoms with Gasteiger partial charge in [0, 0.05) is 52.6 Å². The minimum Gasteiger partial charge on any atom is -0.493 e. The van der Waals surface area contributed by atoms with Crippen LogP contribution in [0.15, 0.2) is 36.5 Å². The Kier molecular flexibility index (Phi) is 9.57. The fourth-order valence-electron chi connectivity index (χ4n) is 3.90. The molecule has 33 heavy (non-hydrogen) atoms. The van der Waals surface area contributed by atoms with E-state index in [0.717, 1.165) is 56.1 Å². The van der Waals surface area contributed by atoms with Crippen LogP contribution in [0.5, 0.6) is 5.75 Å². The van der Waals surface area contributed by atoms with Crippen molar-refractivity contribution in [1.29, 1.82) is 0 Å². The van der Waals surface area contributed by atoms with Crippen LogP contribution >= 0.6 is 0 Å². The van der Waals surface area contributed by atoms with Gasteiger partial charge >= 0.3 is 6.03 Å². The number of methoxy groups -OCH3 is 1. The summed E-state index contributed by atoms with van der Waals surface area (Å²) in [6.45, 7) is 9.58. The Bertz CT molecular complexity index is 844. The van der Waals surface area contributed by atoms with E-state index in [-0.39, 0.29) is 12.1 Å². The van der Waals surface area contributed by atoms with Crippen molar-refractivity contribution in [1.82, 2.24) is 24.9 Å². The van der Waals surface area contributed by atoms with E-state index in [1.165, 1.54) is 0 Å². The molecule has 1 aliphatic rings. The maximum atomic E-state index is 13.2. The standard InChI is InChI=1S/C25H39N5O3/c1-20(2)19-33-24-7-5-21(6-8-24)17-30(18-23-9-12-28(3)27-23)25(31)26-22-10-13-29(14-11-22)15-16-32-4/h5-9,12,20,22H,10-11,13-19H2,1-4H3,(H,26,31). The van der Waals surface area contributed by atoms with E-state index in [0.29, 0.717) is 25.6 Å². The minimum absolute atomic E-state index is 0.0453. The van der Waals surface area contributed by atoms with Gasteiger partial charge in [-0.15, -0.1) is 0 Å². The number of piperidine rings is 1. The molecule has 3 rings (SSSR count). The second-order valence-corrected chi connectivity index (χ2v) is 9.24. The van der Waals surface area contributed by atoms with Gasteiger partial charge in [0.25, 0.3) is 0 Å². The summed E-state index contributed by atoms with van der Waals surface area (Å²) in [6, 6.07) is 10.1. The molecule has 1 aliphatic heterocycles. The fraction of sp³-hybridized carbons (Fsp3) is 0.600. The van der Waals surface area contributed by atoms with E-state index < -0.39 is 0 Å². The highest BCUT2D eigenvalue weighted by atomic mass is 16.5. The summed E-state index contributed by atoms with van der Waals surface area (Å²) in [5, 5.41) is 7.73. The molecule has 182 valence electrons. The lowest BCUT2D eigenvalue weighted by atomic mass is 10.1. The molecule has 2 aromatic rings. The lowest BCUT2D eigenvalue weighted by molar-refractivity contribution is 0.124. The molecule has 0 atom stereocenters. The van der Waals surface area contributed by atoms with Crippen molar-refractivity contribution in [3.63, 3.8) is 0 Å². The van der Waals surface area contributed by atoms with E-state index in [9.17, 15) is 4.79 Å². The number of aromatic nitrogens is 2. The third kappa shape index (κ3) is 8.37. The van der Waals surface area contributed by atoms with E-state index in [1.54, 1.807) is 11.8 Å². The third-order valence-corrected chi connectivity index (χ3v) is 5.82. The van der Waals surface area contributed by atoms with Crippen LogP contribution in [-0.4, -0.2) is 71.6 Å². The molecule has 1 aromatic carbocycles. The summed E-state index contributed by atoms with van der Waals surface area (Å²) in [7, 11) is 3.62. The van der Waals surface area contributed by atoms with Crippen LogP contribution in [0.2, 0.25) is 0 Å². The van der Waals surface area contributed by atoms with E-state index in [2.05, 4.69) is 29.2 Å². The molecule has 8 nitrogen and oxygen atoms in total. The molecule has 1 aromatic heterocycles. The van der Waals surface area contributed by atoms with Gasteiger partial charge in [-0.1, -0.05) is 26.0 Å². The van der Waals surface area contributed by atoms with Crippen LogP contribution in [0.1, 0.15) is 37.9 Å². The number of amides is 2. The first-order valence-electron chi connectivity index (χ1n) is 11.9. The molecule has 0 saturated carbocycles. The molecular formula is C25H39N5O3. The van der Waals surface area contributed by atoms with Gasteiger partial charge in [-0.3, -0.25) is 4.68 Å². The number of ether oxygens (including phenoxy) is 2. The van der Waals surface area contributed by atoms with Crippen molar-refractivity contribution in [3.8, 4) is 5.75 Å². The number of carbonyl (C=O) groups excluding carboxylic acids is 1. The zero-order valence-corrected chi connectivity index (χ0v) is 20.5. The zero-order valence-electron chi connectivity index (χ0n) is 20.5. The maximum Gasteiger partial charge on any atom is 0.318 e. The molecule has 8 heteroatoms. The van der Waals surface area contributed by atoms with Crippen molar-refractivity contribution >= 4 is 6.03 Å². The number of hydrogen-bond donors (Lipinski definition) is 1. The highest BCUT2D eigenvalue weighted by Gasteiger charge is 2.23. The molecular weight excluding hydrogens is 418 g/mol. The summed E-state index contributed by atoms with van der Waals surface area (Å²) < 4.78 is 12.7. The van der Waals surface area contributed by atoms with Gasteiger partial charge in [0.15, 0.2) is 0 Å². The summed E-state index contributed by atoms with van der Waals surface area (Å²) in [4.78, 5) is 17.5. The van der Waals surface area contributed by atoms with Crippen LogP contribution in [0.25, 0.3) is 0 Å². The summed E-state index contributed by atoms with van der Waals surface area (Å²) in [6.07, 6.45) is 3.81.